The van der Waals surface area contributed by atoms with Crippen molar-refractivity contribution in [2.45, 2.75) is 37.8 Å². The molecule has 2 aliphatic carbocycles. The van der Waals surface area contributed by atoms with Crippen LogP contribution in [0.2, 0.25) is 0 Å². The van der Waals surface area contributed by atoms with Crippen molar-refractivity contribution in [2.75, 3.05) is 19.4 Å². The summed E-state index contributed by atoms with van der Waals surface area (Å²) in [6.07, 6.45) is 7.41. The zero-order valence-corrected chi connectivity index (χ0v) is 21.9. The number of carbonyl (C=O) groups excluding carboxylic acids is 3. The number of H-pyrrole nitrogens is 1. The Hall–Kier alpha value is -5.07. The van der Waals surface area contributed by atoms with Crippen LogP contribution in [0.4, 0.5) is 10.5 Å². The Bertz CT molecular complexity index is 1550. The number of nitrogens with zero attached hydrogens (tertiary/aromatic N) is 4. The van der Waals surface area contributed by atoms with Crippen LogP contribution in [-0.2, 0) is 6.54 Å². The van der Waals surface area contributed by atoms with Gasteiger partial charge in [-0.15, -0.1) is 0 Å². The van der Waals surface area contributed by atoms with E-state index in [1.54, 1.807) is 38.4 Å². The number of fused-ring (bicyclic) bond motifs is 1. The third-order valence-corrected chi connectivity index (χ3v) is 6.75. The highest BCUT2D eigenvalue weighted by Gasteiger charge is 2.31. The molecule has 40 heavy (non-hydrogen) atoms. The van der Waals surface area contributed by atoms with Crippen LogP contribution in [0, 0.1) is 0 Å². The van der Waals surface area contributed by atoms with Gasteiger partial charge >= 0.3 is 11.8 Å². The molecule has 4 amide bonds. The molecule has 206 valence electrons. The van der Waals surface area contributed by atoms with E-state index in [2.05, 4.69) is 46.7 Å². The lowest BCUT2D eigenvalue weighted by Crippen LogP contribution is -2.35. The Morgan fingerprint density at radius 1 is 1.10 bits per heavy atom. The van der Waals surface area contributed by atoms with Gasteiger partial charge in [0.1, 0.15) is 17.7 Å². The zero-order valence-electron chi connectivity index (χ0n) is 21.9. The average molecular weight is 545 g/mol. The Morgan fingerprint density at radius 3 is 2.55 bits per heavy atom. The molecule has 5 rings (SSSR count). The molecule has 2 aromatic heterocycles. The van der Waals surface area contributed by atoms with E-state index in [0.29, 0.717) is 17.9 Å². The van der Waals surface area contributed by atoms with Crippen LogP contribution in [0.3, 0.4) is 0 Å². The number of allylic oxidation sites excluding steroid dienone is 2. The maximum atomic E-state index is 13.0. The topological polar surface area (TPSA) is 175 Å². The number of anilines is 1. The van der Waals surface area contributed by atoms with Crippen LogP contribution in [-0.4, -0.2) is 63.0 Å². The minimum atomic E-state index is -0.584. The number of hydrogen-bond acceptors (Lipinski definition) is 8. The third kappa shape index (κ3) is 5.98. The van der Waals surface area contributed by atoms with Gasteiger partial charge in [0.25, 0.3) is 11.8 Å². The smallest absolute Gasteiger partial charge is 0.347 e. The van der Waals surface area contributed by atoms with E-state index >= 15 is 0 Å². The van der Waals surface area contributed by atoms with Crippen molar-refractivity contribution in [1.82, 2.24) is 35.6 Å². The third-order valence-electron chi connectivity index (χ3n) is 6.75. The van der Waals surface area contributed by atoms with Crippen LogP contribution in [0.5, 0.6) is 0 Å². The summed E-state index contributed by atoms with van der Waals surface area (Å²) in [5.74, 6) is -1.03. The van der Waals surface area contributed by atoms with Crippen molar-refractivity contribution < 1.29 is 18.9 Å². The number of nitrogens with one attached hydrogen (secondary N) is 4. The van der Waals surface area contributed by atoms with Gasteiger partial charge in [-0.1, -0.05) is 29.4 Å². The summed E-state index contributed by atoms with van der Waals surface area (Å²) in [6.45, 7) is 0.237. The second-order valence-corrected chi connectivity index (χ2v) is 9.73. The van der Waals surface area contributed by atoms with Gasteiger partial charge in [0.05, 0.1) is 6.04 Å². The van der Waals surface area contributed by atoms with Gasteiger partial charge in [-0.05, 0) is 48.1 Å². The van der Waals surface area contributed by atoms with Crippen molar-refractivity contribution in [3.05, 3.63) is 93.3 Å². The summed E-state index contributed by atoms with van der Waals surface area (Å²) < 4.78 is 4.62. The van der Waals surface area contributed by atoms with E-state index in [-0.39, 0.29) is 35.9 Å². The number of aromatic amines is 1. The van der Waals surface area contributed by atoms with Crippen LogP contribution >= 0.6 is 0 Å². The number of carbonyl (C=O) groups is 3. The molecule has 1 fully saturated rings. The molecule has 13 nitrogen and oxygen atoms in total. The molecular formula is C27H28N8O5. The molecular weight excluding hydrogens is 516 g/mol. The molecule has 4 N–H and O–H groups in total. The first-order valence-corrected chi connectivity index (χ1v) is 12.7. The van der Waals surface area contributed by atoms with E-state index in [1.807, 2.05) is 6.08 Å². The van der Waals surface area contributed by atoms with Gasteiger partial charge in [0, 0.05) is 38.3 Å². The standard InChI is InChI=1S/C27H28N8O5/c1-35(2)26(38)31-18-7-3-15(4-8-18)13-28-24(36)21-12-22(30-14-29-21)25(37)32-20-10-6-16-11-17(5-9-19(16)20)23-33-27(39)40-34-23/h3-4,7-9,11-12,14,17,20H,5-6,10,13H2,1-2H3,(H,28,36)(H,31,38)(H,32,37)(H,33,34,39)/t17?,20-/m0/s1. The van der Waals surface area contributed by atoms with Gasteiger partial charge in [-0.25, -0.2) is 19.6 Å². The number of benzene rings is 1. The second-order valence-electron chi connectivity index (χ2n) is 9.73. The van der Waals surface area contributed by atoms with Crippen LogP contribution in [0.1, 0.15) is 57.5 Å². The van der Waals surface area contributed by atoms with Crippen LogP contribution in [0.25, 0.3) is 0 Å². The highest BCUT2D eigenvalue weighted by atomic mass is 16.5. The SMILES string of the molecule is CN(C)C(=O)Nc1ccc(CNC(=O)c2cc(C(=O)N[C@H]3CCC4=CC(c5noc(=O)[nH]5)CC=C43)ncn2)cc1. The zero-order chi connectivity index (χ0) is 28.2. The molecule has 3 aromatic rings. The lowest BCUT2D eigenvalue weighted by Gasteiger charge is -2.20. The Morgan fingerprint density at radius 2 is 1.85 bits per heavy atom. The largest absolute Gasteiger partial charge is 0.438 e. The fourth-order valence-electron chi connectivity index (χ4n) is 4.63. The maximum absolute atomic E-state index is 13.0. The van der Waals surface area contributed by atoms with Crippen molar-refractivity contribution in [2.24, 2.45) is 0 Å². The second kappa shape index (κ2) is 11.4. The van der Waals surface area contributed by atoms with Crippen LogP contribution < -0.4 is 21.7 Å². The monoisotopic (exact) mass is 544 g/mol. The maximum Gasteiger partial charge on any atom is 0.438 e. The van der Waals surface area contributed by atoms with E-state index in [4.69, 9.17) is 0 Å². The number of aromatic nitrogens is 4. The van der Waals surface area contributed by atoms with E-state index in [9.17, 15) is 19.2 Å². The highest BCUT2D eigenvalue weighted by Crippen LogP contribution is 2.38. The van der Waals surface area contributed by atoms with Crippen molar-refractivity contribution in [3.63, 3.8) is 0 Å². The van der Waals surface area contributed by atoms with E-state index < -0.39 is 17.6 Å². The molecule has 2 atom stereocenters. The average Bonchev–Trinajstić information content (AvgIpc) is 3.58. The minimum absolute atomic E-state index is 0.0725. The van der Waals surface area contributed by atoms with Gasteiger partial charge in [-0.2, -0.15) is 0 Å². The Kier molecular flexibility index (Phi) is 7.53. The Balaban J connectivity index is 1.16. The molecule has 0 saturated heterocycles. The summed E-state index contributed by atoms with van der Waals surface area (Å²) >= 11 is 0. The molecule has 13 heteroatoms. The number of rotatable bonds is 7. The summed E-state index contributed by atoms with van der Waals surface area (Å²) in [5, 5.41) is 12.3. The van der Waals surface area contributed by atoms with Gasteiger partial charge < -0.3 is 20.9 Å². The molecule has 2 aliphatic rings. The Labute approximate surface area is 228 Å². The summed E-state index contributed by atoms with van der Waals surface area (Å²) in [4.78, 5) is 60.9. The lowest BCUT2D eigenvalue weighted by molar-refractivity contribution is 0.0938. The lowest BCUT2D eigenvalue weighted by atomic mass is 9.90. The number of amides is 4. The first-order chi connectivity index (χ1) is 19.3. The van der Waals surface area contributed by atoms with Crippen molar-refractivity contribution >= 4 is 23.5 Å². The van der Waals surface area contributed by atoms with Gasteiger partial charge in [-0.3, -0.25) is 19.1 Å². The molecule has 1 unspecified atom stereocenters. The predicted octanol–water partition coefficient (Wildman–Crippen LogP) is 2.11. The van der Waals surface area contributed by atoms with E-state index in [1.165, 1.54) is 17.3 Å². The van der Waals surface area contributed by atoms with E-state index in [0.717, 1.165) is 29.6 Å². The minimum Gasteiger partial charge on any atom is -0.347 e. The highest BCUT2D eigenvalue weighted by molar-refractivity contribution is 5.97. The first kappa shape index (κ1) is 26.5. The van der Waals surface area contributed by atoms with Crippen molar-refractivity contribution in [1.29, 1.82) is 0 Å². The summed E-state index contributed by atoms with van der Waals surface area (Å²) in [5.41, 5.74) is 3.76. The number of urea groups is 1. The molecule has 0 radical (unpaired) electrons. The quantitative estimate of drug-likeness (QED) is 0.350. The van der Waals surface area contributed by atoms with Crippen molar-refractivity contribution in [3.8, 4) is 0 Å². The molecule has 0 spiro atoms. The number of hydrogen-bond donors (Lipinski definition) is 4. The molecule has 0 bridgehead atoms. The molecule has 0 aliphatic heterocycles. The van der Waals surface area contributed by atoms with Gasteiger partial charge in [0.2, 0.25) is 0 Å². The summed E-state index contributed by atoms with van der Waals surface area (Å²) in [7, 11) is 3.30. The van der Waals surface area contributed by atoms with Crippen LogP contribution in [0.15, 0.2) is 69.3 Å². The fourth-order valence-corrected chi connectivity index (χ4v) is 4.63. The first-order valence-electron chi connectivity index (χ1n) is 12.7. The summed E-state index contributed by atoms with van der Waals surface area (Å²) in [6, 6.07) is 8.02. The fraction of sp³-hybridized carbons (Fsp3) is 0.296. The normalized spacial score (nSPS) is 17.8. The molecule has 2 heterocycles. The van der Waals surface area contributed by atoms with Gasteiger partial charge in [0.15, 0.2) is 5.82 Å². The molecule has 1 saturated carbocycles. The molecule has 1 aromatic carbocycles. The predicted molar refractivity (Wildman–Crippen MR) is 143 cm³/mol.